The molecule has 0 heterocycles. The fourth-order valence-electron chi connectivity index (χ4n) is 2.09. The van der Waals surface area contributed by atoms with Crippen LogP contribution in [0.3, 0.4) is 0 Å². The SMILES string of the molecule is COC(=O)c1cc(NC(=O)CCNC(=O)c2ccc(Cl)cc2)ccc1Cl. The van der Waals surface area contributed by atoms with Gasteiger partial charge in [-0.15, -0.1) is 0 Å². The van der Waals surface area contributed by atoms with E-state index in [1.165, 1.54) is 19.2 Å². The van der Waals surface area contributed by atoms with Gasteiger partial charge < -0.3 is 15.4 Å². The van der Waals surface area contributed by atoms with Gasteiger partial charge in [0.25, 0.3) is 5.91 Å². The molecule has 8 heteroatoms. The summed E-state index contributed by atoms with van der Waals surface area (Å²) in [5.41, 5.74) is 1.02. The van der Waals surface area contributed by atoms with Crippen LogP contribution in [0.2, 0.25) is 10.0 Å². The fraction of sp³-hybridized carbons (Fsp3) is 0.167. The number of benzene rings is 2. The highest BCUT2D eigenvalue weighted by atomic mass is 35.5. The van der Waals surface area contributed by atoms with Crippen LogP contribution in [-0.4, -0.2) is 31.4 Å². The molecular weight excluding hydrogens is 379 g/mol. The molecule has 0 unspecified atom stereocenters. The first-order valence-corrected chi connectivity index (χ1v) is 8.38. The van der Waals surface area contributed by atoms with Crippen LogP contribution in [0, 0.1) is 0 Å². The molecule has 2 aromatic carbocycles. The Morgan fingerprint density at radius 3 is 2.38 bits per heavy atom. The number of halogens is 2. The summed E-state index contributed by atoms with van der Waals surface area (Å²) in [5.74, 6) is -1.21. The van der Waals surface area contributed by atoms with Crippen molar-refractivity contribution in [2.45, 2.75) is 6.42 Å². The lowest BCUT2D eigenvalue weighted by molar-refractivity contribution is -0.116. The van der Waals surface area contributed by atoms with Crippen molar-refractivity contribution in [3.05, 3.63) is 63.6 Å². The molecule has 0 radical (unpaired) electrons. The maximum Gasteiger partial charge on any atom is 0.339 e. The zero-order valence-electron chi connectivity index (χ0n) is 13.8. The molecular formula is C18H16Cl2N2O4. The van der Waals surface area contributed by atoms with E-state index in [2.05, 4.69) is 15.4 Å². The van der Waals surface area contributed by atoms with Crippen molar-refractivity contribution < 1.29 is 19.1 Å². The zero-order chi connectivity index (χ0) is 19.1. The predicted molar refractivity (Wildman–Crippen MR) is 99.8 cm³/mol. The van der Waals surface area contributed by atoms with Gasteiger partial charge in [0.05, 0.1) is 17.7 Å². The molecule has 2 amide bonds. The summed E-state index contributed by atoms with van der Waals surface area (Å²) < 4.78 is 4.63. The maximum absolute atomic E-state index is 12.0. The number of carbonyl (C=O) groups is 3. The molecule has 0 aliphatic heterocycles. The molecule has 136 valence electrons. The molecule has 0 aromatic heterocycles. The zero-order valence-corrected chi connectivity index (χ0v) is 15.4. The number of esters is 1. The van der Waals surface area contributed by atoms with E-state index in [4.69, 9.17) is 23.2 Å². The summed E-state index contributed by atoms with van der Waals surface area (Å²) in [4.78, 5) is 35.5. The van der Waals surface area contributed by atoms with Gasteiger partial charge in [-0.2, -0.15) is 0 Å². The molecule has 0 aliphatic carbocycles. The van der Waals surface area contributed by atoms with Crippen LogP contribution in [0.1, 0.15) is 27.1 Å². The minimum absolute atomic E-state index is 0.0650. The van der Waals surface area contributed by atoms with Gasteiger partial charge in [0.15, 0.2) is 0 Å². The molecule has 0 spiro atoms. The lowest BCUT2D eigenvalue weighted by Crippen LogP contribution is -2.27. The Hall–Kier alpha value is -2.57. The van der Waals surface area contributed by atoms with Crippen molar-refractivity contribution in [3.8, 4) is 0 Å². The smallest absolute Gasteiger partial charge is 0.339 e. The summed E-state index contributed by atoms with van der Waals surface area (Å²) in [7, 11) is 1.24. The summed E-state index contributed by atoms with van der Waals surface area (Å²) >= 11 is 11.7. The highest BCUT2D eigenvalue weighted by Gasteiger charge is 2.13. The highest BCUT2D eigenvalue weighted by Crippen LogP contribution is 2.21. The van der Waals surface area contributed by atoms with Crippen molar-refractivity contribution in [1.82, 2.24) is 5.32 Å². The Morgan fingerprint density at radius 2 is 1.73 bits per heavy atom. The van der Waals surface area contributed by atoms with E-state index in [0.29, 0.717) is 16.3 Å². The van der Waals surface area contributed by atoms with Gasteiger partial charge in [-0.3, -0.25) is 9.59 Å². The summed E-state index contributed by atoms with van der Waals surface area (Å²) in [6, 6.07) is 10.9. The van der Waals surface area contributed by atoms with Crippen LogP contribution in [0.4, 0.5) is 5.69 Å². The van der Waals surface area contributed by atoms with Crippen LogP contribution in [0.5, 0.6) is 0 Å². The minimum atomic E-state index is -0.596. The van der Waals surface area contributed by atoms with E-state index in [0.717, 1.165) is 0 Å². The van der Waals surface area contributed by atoms with Crippen molar-refractivity contribution in [3.63, 3.8) is 0 Å². The Kier molecular flexibility index (Phi) is 7.00. The van der Waals surface area contributed by atoms with Gasteiger partial charge in [-0.05, 0) is 42.5 Å². The third-order valence-electron chi connectivity index (χ3n) is 3.40. The Balaban J connectivity index is 1.86. The van der Waals surface area contributed by atoms with E-state index in [9.17, 15) is 14.4 Å². The molecule has 2 aromatic rings. The number of carbonyl (C=O) groups excluding carboxylic acids is 3. The maximum atomic E-state index is 12.0. The van der Waals surface area contributed by atoms with E-state index < -0.39 is 5.97 Å². The summed E-state index contributed by atoms with van der Waals surface area (Å²) in [6.45, 7) is 0.157. The van der Waals surface area contributed by atoms with Crippen molar-refractivity contribution in [2.24, 2.45) is 0 Å². The number of nitrogens with one attached hydrogen (secondary N) is 2. The molecule has 0 fully saturated rings. The number of amides is 2. The summed E-state index contributed by atoms with van der Waals surface area (Å²) in [5, 5.41) is 6.04. The first kappa shape index (κ1) is 19.8. The summed E-state index contributed by atoms with van der Waals surface area (Å²) in [6.07, 6.45) is 0.0650. The van der Waals surface area contributed by atoms with E-state index in [1.54, 1.807) is 30.3 Å². The van der Waals surface area contributed by atoms with Gasteiger partial charge in [0, 0.05) is 29.2 Å². The van der Waals surface area contributed by atoms with E-state index in [1.807, 2.05) is 0 Å². The third kappa shape index (κ3) is 5.47. The number of rotatable bonds is 6. The van der Waals surface area contributed by atoms with Crippen molar-refractivity contribution in [1.29, 1.82) is 0 Å². The number of anilines is 1. The monoisotopic (exact) mass is 394 g/mol. The first-order chi connectivity index (χ1) is 12.4. The van der Waals surface area contributed by atoms with Gasteiger partial charge in [0.2, 0.25) is 5.91 Å². The largest absolute Gasteiger partial charge is 0.465 e. The van der Waals surface area contributed by atoms with Crippen molar-refractivity contribution >= 4 is 46.7 Å². The first-order valence-electron chi connectivity index (χ1n) is 7.62. The lowest BCUT2D eigenvalue weighted by atomic mass is 10.2. The van der Waals surface area contributed by atoms with Crippen LogP contribution in [0.15, 0.2) is 42.5 Å². The van der Waals surface area contributed by atoms with Crippen LogP contribution in [-0.2, 0) is 9.53 Å². The second-order valence-corrected chi connectivity index (χ2v) is 6.09. The van der Waals surface area contributed by atoms with Crippen LogP contribution >= 0.6 is 23.2 Å². The second-order valence-electron chi connectivity index (χ2n) is 5.25. The quantitative estimate of drug-likeness (QED) is 0.733. The Morgan fingerprint density at radius 1 is 1.04 bits per heavy atom. The van der Waals surface area contributed by atoms with Gasteiger partial charge in [-0.25, -0.2) is 4.79 Å². The minimum Gasteiger partial charge on any atom is -0.465 e. The molecule has 6 nitrogen and oxygen atoms in total. The normalized spacial score (nSPS) is 10.1. The highest BCUT2D eigenvalue weighted by molar-refractivity contribution is 6.33. The standard InChI is InChI=1S/C18H16Cl2N2O4/c1-26-18(25)14-10-13(6-7-15(14)20)22-16(23)8-9-21-17(24)11-2-4-12(19)5-3-11/h2-7,10H,8-9H2,1H3,(H,21,24)(H,22,23). The average molecular weight is 395 g/mol. The molecule has 0 atom stereocenters. The van der Waals surface area contributed by atoms with Gasteiger partial charge >= 0.3 is 5.97 Å². The predicted octanol–water partition coefficient (Wildman–Crippen LogP) is 3.54. The second kappa shape index (κ2) is 9.22. The molecule has 0 saturated heterocycles. The van der Waals surface area contributed by atoms with E-state index in [-0.39, 0.29) is 35.4 Å². The Labute approximate surface area is 160 Å². The fourth-order valence-corrected chi connectivity index (χ4v) is 2.41. The Bertz CT molecular complexity index is 822. The van der Waals surface area contributed by atoms with Gasteiger partial charge in [-0.1, -0.05) is 23.2 Å². The van der Waals surface area contributed by atoms with Crippen molar-refractivity contribution in [2.75, 3.05) is 19.0 Å². The number of hydrogen-bond acceptors (Lipinski definition) is 4. The van der Waals surface area contributed by atoms with Crippen LogP contribution in [0.25, 0.3) is 0 Å². The van der Waals surface area contributed by atoms with Gasteiger partial charge in [0.1, 0.15) is 0 Å². The number of hydrogen-bond donors (Lipinski definition) is 2. The van der Waals surface area contributed by atoms with Crippen LogP contribution < -0.4 is 10.6 Å². The number of methoxy groups -OCH3 is 1. The van der Waals surface area contributed by atoms with E-state index >= 15 is 0 Å². The average Bonchev–Trinajstić information content (AvgIpc) is 2.63. The lowest BCUT2D eigenvalue weighted by Gasteiger charge is -2.09. The topological polar surface area (TPSA) is 84.5 Å². The molecule has 0 saturated carbocycles. The molecule has 2 rings (SSSR count). The third-order valence-corrected chi connectivity index (χ3v) is 3.98. The molecule has 26 heavy (non-hydrogen) atoms. The molecule has 2 N–H and O–H groups in total. The molecule has 0 bridgehead atoms. The molecule has 0 aliphatic rings. The number of ether oxygens (including phenoxy) is 1.